The highest BCUT2D eigenvalue weighted by molar-refractivity contribution is 7.51. The van der Waals surface area contributed by atoms with Crippen LogP contribution in [-0.4, -0.2) is 47.6 Å². The quantitative estimate of drug-likeness (QED) is 0.371. The van der Waals surface area contributed by atoms with Crippen molar-refractivity contribution in [2.45, 2.75) is 51.4 Å². The lowest BCUT2D eigenvalue weighted by Crippen LogP contribution is -2.35. The van der Waals surface area contributed by atoms with Crippen LogP contribution in [0.1, 0.15) is 30.7 Å². The number of aromatic amines is 1. The van der Waals surface area contributed by atoms with Crippen LogP contribution in [0.3, 0.4) is 0 Å². The Morgan fingerprint density at radius 1 is 1.35 bits per heavy atom. The number of esters is 1. The monoisotopic (exact) mass is 499 g/mol. The maximum Gasteiger partial charge on any atom is 0.406 e. The third-order valence-corrected chi connectivity index (χ3v) is 6.87. The standard InChI is InChI=1S/C21H27FN3O8P/c1-13-10-25(21(28)23-19(13)26)18-9-16(22)17(33-18)12-32-34(29,30-3)24-14(2)20(27)31-11-15-7-5-4-6-8-15/h4-8,10,14,16-18H,9,11-12H2,1-3H3,(H,24,29)(H,23,26,28)/t14-,16-,17+,18+,34?/m0/s1. The number of nitrogens with zero attached hydrogens (tertiary/aromatic N) is 1. The average Bonchev–Trinajstić information content (AvgIpc) is 3.19. The maximum absolute atomic E-state index is 14.5. The molecule has 13 heteroatoms. The van der Waals surface area contributed by atoms with Crippen LogP contribution >= 0.6 is 7.75 Å². The van der Waals surface area contributed by atoms with E-state index >= 15 is 0 Å². The fourth-order valence-electron chi connectivity index (χ4n) is 3.27. The van der Waals surface area contributed by atoms with Crippen LogP contribution in [0.5, 0.6) is 0 Å². The van der Waals surface area contributed by atoms with Gasteiger partial charge >= 0.3 is 19.4 Å². The van der Waals surface area contributed by atoms with Crippen molar-refractivity contribution in [3.63, 3.8) is 0 Å². The van der Waals surface area contributed by atoms with Gasteiger partial charge in [0.05, 0.1) is 6.61 Å². The lowest BCUT2D eigenvalue weighted by atomic mass is 10.2. The molecule has 2 N–H and O–H groups in total. The van der Waals surface area contributed by atoms with E-state index in [-0.39, 0.29) is 18.6 Å². The van der Waals surface area contributed by atoms with Gasteiger partial charge in [-0.05, 0) is 19.4 Å². The molecule has 0 spiro atoms. The molecule has 1 aliphatic heterocycles. The van der Waals surface area contributed by atoms with Crippen molar-refractivity contribution >= 4 is 13.7 Å². The van der Waals surface area contributed by atoms with Crippen LogP contribution in [0, 0.1) is 6.92 Å². The zero-order valence-electron chi connectivity index (χ0n) is 18.9. The van der Waals surface area contributed by atoms with Crippen molar-refractivity contribution in [3.05, 3.63) is 68.5 Å². The van der Waals surface area contributed by atoms with E-state index in [1.165, 1.54) is 20.0 Å². The molecule has 34 heavy (non-hydrogen) atoms. The molecule has 2 heterocycles. The fourth-order valence-corrected chi connectivity index (χ4v) is 4.48. The van der Waals surface area contributed by atoms with Crippen LogP contribution in [0.15, 0.2) is 46.1 Å². The minimum Gasteiger partial charge on any atom is -0.460 e. The van der Waals surface area contributed by atoms with E-state index in [9.17, 15) is 23.3 Å². The highest BCUT2D eigenvalue weighted by Crippen LogP contribution is 2.44. The summed E-state index contributed by atoms with van der Waals surface area (Å²) in [4.78, 5) is 38.0. The zero-order valence-corrected chi connectivity index (χ0v) is 19.8. The first-order chi connectivity index (χ1) is 16.1. The Balaban J connectivity index is 1.55. The highest BCUT2D eigenvalue weighted by Gasteiger charge is 2.39. The molecule has 1 saturated heterocycles. The Morgan fingerprint density at radius 3 is 2.74 bits per heavy atom. The highest BCUT2D eigenvalue weighted by atomic mass is 31.2. The summed E-state index contributed by atoms with van der Waals surface area (Å²) in [7, 11) is -2.90. The van der Waals surface area contributed by atoms with Crippen LogP contribution in [-0.2, 0) is 34.5 Å². The van der Waals surface area contributed by atoms with E-state index in [0.29, 0.717) is 0 Å². The van der Waals surface area contributed by atoms with Gasteiger partial charge in [0.15, 0.2) is 0 Å². The van der Waals surface area contributed by atoms with Gasteiger partial charge in [-0.2, -0.15) is 0 Å². The smallest absolute Gasteiger partial charge is 0.406 e. The third-order valence-electron chi connectivity index (χ3n) is 5.20. The zero-order chi connectivity index (χ0) is 24.9. The van der Waals surface area contributed by atoms with Crippen molar-refractivity contribution < 1.29 is 32.3 Å². The van der Waals surface area contributed by atoms with Gasteiger partial charge in [0, 0.05) is 25.3 Å². The van der Waals surface area contributed by atoms with E-state index in [1.807, 2.05) is 6.07 Å². The van der Waals surface area contributed by atoms with Crippen molar-refractivity contribution in [1.29, 1.82) is 0 Å². The minimum absolute atomic E-state index is 0.0360. The Labute approximate surface area is 194 Å². The summed E-state index contributed by atoms with van der Waals surface area (Å²) in [5.74, 6) is -0.682. The lowest BCUT2D eigenvalue weighted by molar-refractivity contribution is -0.146. The summed E-state index contributed by atoms with van der Waals surface area (Å²) in [5.41, 5.74) is -0.228. The van der Waals surface area contributed by atoms with Gasteiger partial charge in [-0.25, -0.2) is 18.8 Å². The topological polar surface area (TPSA) is 138 Å². The van der Waals surface area contributed by atoms with Crippen LogP contribution in [0.25, 0.3) is 0 Å². The van der Waals surface area contributed by atoms with Gasteiger partial charge in [-0.15, -0.1) is 0 Å². The number of nitrogens with one attached hydrogen (secondary N) is 2. The molecule has 1 fully saturated rings. The molecular formula is C21H27FN3O8P. The molecule has 0 radical (unpaired) electrons. The molecule has 186 valence electrons. The number of rotatable bonds is 10. The Kier molecular flexibility index (Phi) is 8.56. The number of alkyl halides is 1. The van der Waals surface area contributed by atoms with Crippen molar-refractivity contribution in [1.82, 2.24) is 14.6 Å². The summed E-state index contributed by atoms with van der Waals surface area (Å²) < 4.78 is 49.5. The van der Waals surface area contributed by atoms with Crippen LogP contribution in [0.2, 0.25) is 0 Å². The normalized spacial score (nSPS) is 22.8. The van der Waals surface area contributed by atoms with Crippen molar-refractivity contribution in [2.75, 3.05) is 13.7 Å². The third kappa shape index (κ3) is 6.49. The number of aryl methyl sites for hydroxylation is 1. The molecule has 1 aliphatic rings. The first-order valence-corrected chi connectivity index (χ1v) is 12.1. The van der Waals surface area contributed by atoms with E-state index < -0.39 is 56.1 Å². The van der Waals surface area contributed by atoms with Gasteiger partial charge in [-0.3, -0.25) is 23.7 Å². The molecule has 11 nitrogen and oxygen atoms in total. The van der Waals surface area contributed by atoms with E-state index in [2.05, 4.69) is 10.1 Å². The van der Waals surface area contributed by atoms with Crippen molar-refractivity contribution in [2.24, 2.45) is 0 Å². The number of aromatic nitrogens is 2. The van der Waals surface area contributed by atoms with E-state index in [0.717, 1.165) is 17.2 Å². The second-order valence-electron chi connectivity index (χ2n) is 7.78. The number of ether oxygens (including phenoxy) is 2. The Bertz CT molecular complexity index is 1150. The van der Waals surface area contributed by atoms with Crippen molar-refractivity contribution in [3.8, 4) is 0 Å². The first-order valence-electron chi connectivity index (χ1n) is 10.5. The molecule has 0 aliphatic carbocycles. The summed E-state index contributed by atoms with van der Waals surface area (Å²) in [6, 6.07) is 7.98. The van der Waals surface area contributed by atoms with Gasteiger partial charge in [0.2, 0.25) is 0 Å². The number of hydrogen-bond donors (Lipinski definition) is 2. The molecule has 0 saturated carbocycles. The summed E-state index contributed by atoms with van der Waals surface area (Å²) in [6.07, 6.45) is -2.57. The molecule has 1 unspecified atom stereocenters. The Hall–Kier alpha value is -2.63. The SMILES string of the molecule is COP(=O)(N[C@@H](C)C(=O)OCc1ccccc1)OC[C@H]1O[C@@H](n2cc(C)c(=O)[nH]c2=O)C[C@@H]1F. The number of carbonyl (C=O) groups excluding carboxylic acids is 1. The number of hydrogen-bond acceptors (Lipinski definition) is 8. The van der Waals surface area contributed by atoms with Gasteiger partial charge in [0.1, 0.15) is 31.2 Å². The molecule has 2 aromatic rings. The van der Waals surface area contributed by atoms with Crippen LogP contribution in [0.4, 0.5) is 4.39 Å². The molecule has 0 bridgehead atoms. The van der Waals surface area contributed by atoms with E-state index in [1.54, 1.807) is 24.3 Å². The molecule has 1 aromatic carbocycles. The summed E-state index contributed by atoms with van der Waals surface area (Å²) in [5, 5.41) is 2.45. The van der Waals surface area contributed by atoms with Gasteiger partial charge in [-0.1, -0.05) is 30.3 Å². The van der Waals surface area contributed by atoms with Crippen LogP contribution < -0.4 is 16.3 Å². The second kappa shape index (κ2) is 11.2. The predicted octanol–water partition coefficient (Wildman–Crippen LogP) is 1.96. The number of carbonyl (C=O) groups is 1. The first kappa shape index (κ1) is 26.0. The second-order valence-corrected chi connectivity index (χ2v) is 9.66. The van der Waals surface area contributed by atoms with Gasteiger partial charge < -0.3 is 14.0 Å². The maximum atomic E-state index is 14.5. The average molecular weight is 499 g/mol. The van der Waals surface area contributed by atoms with Gasteiger partial charge in [0.25, 0.3) is 5.56 Å². The lowest BCUT2D eigenvalue weighted by Gasteiger charge is -2.23. The minimum atomic E-state index is -4.01. The largest absolute Gasteiger partial charge is 0.460 e. The molecule has 0 amide bonds. The number of benzene rings is 1. The predicted molar refractivity (Wildman–Crippen MR) is 119 cm³/mol. The Morgan fingerprint density at radius 2 is 2.06 bits per heavy atom. The number of halogens is 1. The fraction of sp³-hybridized carbons (Fsp3) is 0.476. The molecular weight excluding hydrogens is 472 g/mol. The molecule has 5 atom stereocenters. The molecule has 3 rings (SSSR count). The molecule has 1 aromatic heterocycles. The number of H-pyrrole nitrogens is 1. The van der Waals surface area contributed by atoms with E-state index in [4.69, 9.17) is 18.5 Å². The summed E-state index contributed by atoms with van der Waals surface area (Å²) >= 11 is 0. The summed E-state index contributed by atoms with van der Waals surface area (Å²) in [6.45, 7) is 2.49.